The van der Waals surface area contributed by atoms with E-state index in [0.717, 1.165) is 6.92 Å². The number of carboxylic acids is 1. The molecule has 26 N–H and O–H groups in total. The number of amides is 8. The molecule has 76 heavy (non-hydrogen) atoms. The lowest BCUT2D eigenvalue weighted by atomic mass is 10.1. The zero-order valence-corrected chi connectivity index (χ0v) is 44.4. The highest BCUT2D eigenvalue weighted by molar-refractivity contribution is 7.98. The number of rotatable bonds is 37. The number of hydrogen-bond donors (Lipinski definition) is 18. The van der Waals surface area contributed by atoms with E-state index in [4.69, 9.17) is 45.9 Å². The molecule has 1 rings (SSSR count). The van der Waals surface area contributed by atoms with Crippen LogP contribution in [0.5, 0.6) is 0 Å². The van der Waals surface area contributed by atoms with Crippen LogP contribution in [0.1, 0.15) is 90.9 Å². The first-order chi connectivity index (χ1) is 35.9. The fourth-order valence-corrected chi connectivity index (χ4v) is 8.03. The second kappa shape index (κ2) is 36.3. The molecule has 1 aliphatic heterocycles. The second-order valence-electron chi connectivity index (χ2n) is 18.0. The number of aliphatic hydroxyl groups is 2. The first kappa shape index (κ1) is 67.2. The Morgan fingerprint density at radius 2 is 1.08 bits per heavy atom. The van der Waals surface area contributed by atoms with Gasteiger partial charge in [-0.15, -0.1) is 0 Å². The van der Waals surface area contributed by atoms with Gasteiger partial charge in [0.05, 0.1) is 18.8 Å². The van der Waals surface area contributed by atoms with Crippen LogP contribution in [-0.4, -0.2) is 203 Å². The summed E-state index contributed by atoms with van der Waals surface area (Å²) in [6.45, 7) is 1.98. The molecule has 10 atom stereocenters. The average molecular weight is 1100 g/mol. The van der Waals surface area contributed by atoms with E-state index in [1.165, 1.54) is 23.6 Å². The normalized spacial score (nSPS) is 16.5. The van der Waals surface area contributed by atoms with Gasteiger partial charge >= 0.3 is 5.97 Å². The molecule has 0 aromatic rings. The number of nitrogens with zero attached hydrogens (tertiary/aromatic N) is 4. The molecule has 1 fully saturated rings. The standard InChI is InChI=1S/C44H83N19O12S/c1-23(56-35(68)26(11-6-17-53-42(47)48)57-34(67)25(46)15-21-76-3)33(66)59-28(13-8-19-55-44(51)52)40(73)63-20-9-14-31(63)38(71)58-27(12-7-18-54-43(49)50)36(69)61-30(22-64)37(70)62-32(24(2)65)39(72)60-29(41(74)75)10-4-5-16-45/h23-32,64-65H,4-22,45-46H2,1-3H3,(H,56,68)(H,57,67)(H,58,71)(H,59,66)(H,60,72)(H,61,69)(H,62,70)(H,74,75)(H4,47,48,53)(H4,49,50,54)(H4,51,52,55)/t23-,24+,25-,26-,27-,28-,29-,30-,31-,32-/m0/s1. The predicted octanol–water partition coefficient (Wildman–Crippen LogP) is -7.78. The van der Waals surface area contributed by atoms with Crippen molar-refractivity contribution in [2.75, 3.05) is 51.3 Å². The Bertz CT molecular complexity index is 2000. The molecule has 0 spiro atoms. The third kappa shape index (κ3) is 25.6. The number of aliphatic hydroxyl groups excluding tert-OH is 2. The summed E-state index contributed by atoms with van der Waals surface area (Å²) in [7, 11) is 0. The van der Waals surface area contributed by atoms with Gasteiger partial charge in [-0.1, -0.05) is 0 Å². The van der Waals surface area contributed by atoms with Crippen molar-refractivity contribution >= 4 is 82.9 Å². The lowest BCUT2D eigenvalue weighted by Gasteiger charge is -2.31. The van der Waals surface area contributed by atoms with Crippen molar-refractivity contribution < 1.29 is 58.5 Å². The van der Waals surface area contributed by atoms with E-state index in [1.807, 2.05) is 6.26 Å². The van der Waals surface area contributed by atoms with E-state index in [-0.39, 0.29) is 102 Å². The zero-order chi connectivity index (χ0) is 57.5. The third-order valence-corrected chi connectivity index (χ3v) is 12.4. The Kier molecular flexibility index (Phi) is 32.1. The Morgan fingerprint density at radius 1 is 0.605 bits per heavy atom. The third-order valence-electron chi connectivity index (χ3n) is 11.7. The lowest BCUT2D eigenvalue weighted by Crippen LogP contribution is -2.61. The monoisotopic (exact) mass is 1100 g/mol. The Balaban J connectivity index is 3.39. The van der Waals surface area contributed by atoms with Gasteiger partial charge in [0, 0.05) is 26.2 Å². The molecular weight excluding hydrogens is 1020 g/mol. The highest BCUT2D eigenvalue weighted by atomic mass is 32.2. The Labute approximate surface area is 445 Å². The van der Waals surface area contributed by atoms with Gasteiger partial charge in [0.25, 0.3) is 0 Å². The van der Waals surface area contributed by atoms with Crippen molar-refractivity contribution in [2.24, 2.45) is 60.8 Å². The smallest absolute Gasteiger partial charge is 0.326 e. The molecule has 0 bridgehead atoms. The minimum atomic E-state index is -1.77. The maximum absolute atomic E-state index is 14.4. The number of nitrogens with two attached hydrogens (primary N) is 8. The van der Waals surface area contributed by atoms with Crippen molar-refractivity contribution in [3.8, 4) is 0 Å². The van der Waals surface area contributed by atoms with Crippen LogP contribution in [0.2, 0.25) is 0 Å². The second-order valence-corrected chi connectivity index (χ2v) is 19.0. The summed E-state index contributed by atoms with van der Waals surface area (Å²) < 4.78 is 0. The van der Waals surface area contributed by atoms with E-state index in [1.54, 1.807) is 0 Å². The molecule has 432 valence electrons. The van der Waals surface area contributed by atoms with Crippen LogP contribution in [0.25, 0.3) is 0 Å². The maximum atomic E-state index is 14.4. The Morgan fingerprint density at radius 3 is 1.58 bits per heavy atom. The molecule has 0 aromatic heterocycles. The van der Waals surface area contributed by atoms with E-state index in [0.29, 0.717) is 31.4 Å². The van der Waals surface area contributed by atoms with Gasteiger partial charge in [-0.2, -0.15) is 11.8 Å². The number of carbonyl (C=O) groups is 9. The van der Waals surface area contributed by atoms with Crippen LogP contribution in [0.4, 0.5) is 0 Å². The van der Waals surface area contributed by atoms with Crippen LogP contribution >= 0.6 is 11.8 Å². The molecule has 8 amide bonds. The summed E-state index contributed by atoms with van der Waals surface area (Å²) in [6.07, 6.45) is 2.26. The number of aliphatic imine (C=N–C) groups is 3. The molecule has 0 unspecified atom stereocenters. The summed E-state index contributed by atoms with van der Waals surface area (Å²) in [5, 5.41) is 47.5. The fourth-order valence-electron chi connectivity index (χ4n) is 7.54. The number of thioether (sulfide) groups is 1. The number of aliphatic carboxylic acids is 1. The van der Waals surface area contributed by atoms with Crippen molar-refractivity contribution in [3.63, 3.8) is 0 Å². The molecule has 0 radical (unpaired) electrons. The van der Waals surface area contributed by atoms with E-state index < -0.39 is 120 Å². The quantitative estimate of drug-likeness (QED) is 0.0156. The van der Waals surface area contributed by atoms with Gasteiger partial charge in [0.2, 0.25) is 47.3 Å². The van der Waals surface area contributed by atoms with Gasteiger partial charge in [-0.05, 0) is 109 Å². The molecule has 1 aliphatic rings. The summed E-state index contributed by atoms with van der Waals surface area (Å²) in [5.74, 6) is -8.29. The minimum Gasteiger partial charge on any atom is -0.480 e. The van der Waals surface area contributed by atoms with Gasteiger partial charge in [-0.25, -0.2) is 4.79 Å². The van der Waals surface area contributed by atoms with Crippen LogP contribution in [-0.2, 0) is 43.2 Å². The Hall–Kier alpha value is -6.77. The first-order valence-electron chi connectivity index (χ1n) is 24.9. The lowest BCUT2D eigenvalue weighted by molar-refractivity contribution is -0.143. The largest absolute Gasteiger partial charge is 0.480 e. The van der Waals surface area contributed by atoms with Crippen LogP contribution in [0, 0.1) is 0 Å². The van der Waals surface area contributed by atoms with Gasteiger partial charge in [0.1, 0.15) is 48.3 Å². The molecule has 0 saturated carbocycles. The topological polar surface area (TPSA) is 547 Å². The molecule has 32 heteroatoms. The number of carboxylic acid groups (broad SMARTS) is 1. The fraction of sp³-hybridized carbons (Fsp3) is 0.727. The molecule has 0 aromatic carbocycles. The SMILES string of the molecule is CSCC[C@H](N)C(=O)N[C@@H](CCCN=C(N)N)C(=O)N[C@@H](C)C(=O)N[C@@H](CCCN=C(N)N)C(=O)N1CCC[C@H]1C(=O)N[C@@H](CCCN=C(N)N)C(=O)N[C@@H](CO)C(=O)N[C@H](C(=O)N[C@@H](CCCCN)C(=O)O)[C@@H](C)O. The van der Waals surface area contributed by atoms with Crippen molar-refractivity contribution in [1.82, 2.24) is 42.1 Å². The number of nitrogens with one attached hydrogen (secondary N) is 7. The predicted molar refractivity (Wildman–Crippen MR) is 284 cm³/mol. The van der Waals surface area contributed by atoms with Crippen LogP contribution in [0.3, 0.4) is 0 Å². The van der Waals surface area contributed by atoms with Gasteiger partial charge < -0.3 is 103 Å². The zero-order valence-electron chi connectivity index (χ0n) is 43.5. The maximum Gasteiger partial charge on any atom is 0.326 e. The van der Waals surface area contributed by atoms with Crippen molar-refractivity contribution in [1.29, 1.82) is 0 Å². The van der Waals surface area contributed by atoms with Crippen molar-refractivity contribution in [2.45, 2.75) is 151 Å². The summed E-state index contributed by atoms with van der Waals surface area (Å²) in [5.41, 5.74) is 44.3. The average Bonchev–Trinajstić information content (AvgIpc) is 3.86. The number of guanidine groups is 3. The summed E-state index contributed by atoms with van der Waals surface area (Å²) in [4.78, 5) is 134. The summed E-state index contributed by atoms with van der Waals surface area (Å²) in [6, 6.07) is -12.2. The van der Waals surface area contributed by atoms with E-state index >= 15 is 0 Å². The van der Waals surface area contributed by atoms with E-state index in [9.17, 15) is 58.5 Å². The molecule has 31 nitrogen and oxygen atoms in total. The van der Waals surface area contributed by atoms with Crippen LogP contribution in [0.15, 0.2) is 15.0 Å². The molecule has 1 heterocycles. The minimum absolute atomic E-state index is 0.000790. The van der Waals surface area contributed by atoms with Gasteiger partial charge in [0.15, 0.2) is 17.9 Å². The van der Waals surface area contributed by atoms with Crippen molar-refractivity contribution in [3.05, 3.63) is 0 Å². The molecule has 1 saturated heterocycles. The van der Waals surface area contributed by atoms with Crippen LogP contribution < -0.4 is 83.1 Å². The number of hydrogen-bond acceptors (Lipinski definition) is 17. The highest BCUT2D eigenvalue weighted by Gasteiger charge is 2.40. The highest BCUT2D eigenvalue weighted by Crippen LogP contribution is 2.21. The first-order valence-corrected chi connectivity index (χ1v) is 26.3. The number of unbranched alkanes of at least 4 members (excludes halogenated alkanes) is 1. The number of likely N-dealkylation sites (tertiary alicyclic amines) is 1. The van der Waals surface area contributed by atoms with Gasteiger partial charge in [-0.3, -0.25) is 53.3 Å². The molecule has 0 aliphatic carbocycles. The summed E-state index contributed by atoms with van der Waals surface area (Å²) >= 11 is 1.49. The van der Waals surface area contributed by atoms with E-state index in [2.05, 4.69) is 52.2 Å². The molecular formula is C44H83N19O12S. The number of carbonyl (C=O) groups excluding carboxylic acids is 8.